The van der Waals surface area contributed by atoms with E-state index in [2.05, 4.69) is 37.3 Å². The number of nitrogens with two attached hydrogens (primary N) is 1. The fourth-order valence-corrected chi connectivity index (χ4v) is 2.87. The monoisotopic (exact) mass is 400 g/mol. The van der Waals surface area contributed by atoms with Crippen LogP contribution in [0, 0.1) is 5.82 Å². The summed E-state index contributed by atoms with van der Waals surface area (Å²) in [7, 11) is 0. The Labute approximate surface area is 134 Å². The summed E-state index contributed by atoms with van der Waals surface area (Å²) >= 11 is 6.70. The largest absolute Gasteiger partial charge is 0.271 e. The first-order chi connectivity index (χ1) is 9.58. The first-order valence-electron chi connectivity index (χ1n) is 6.23. The minimum Gasteiger partial charge on any atom is -0.271 e. The minimum absolute atomic E-state index is 0.0139. The van der Waals surface area contributed by atoms with Gasteiger partial charge in [0.05, 0.1) is 0 Å². The molecular weight excluding hydrogens is 387 g/mol. The van der Waals surface area contributed by atoms with Gasteiger partial charge in [0.25, 0.3) is 0 Å². The Morgan fingerprint density at radius 1 is 1.05 bits per heavy atom. The van der Waals surface area contributed by atoms with Crippen LogP contribution in [0.3, 0.4) is 0 Å². The van der Waals surface area contributed by atoms with E-state index in [1.54, 1.807) is 6.07 Å². The van der Waals surface area contributed by atoms with E-state index in [0.29, 0.717) is 12.0 Å². The summed E-state index contributed by atoms with van der Waals surface area (Å²) in [5, 5.41) is 0. The Morgan fingerprint density at radius 3 is 2.45 bits per heavy atom. The van der Waals surface area contributed by atoms with Crippen molar-refractivity contribution in [1.82, 2.24) is 5.43 Å². The third-order valence-corrected chi connectivity index (χ3v) is 4.07. The molecule has 0 radical (unpaired) electrons. The van der Waals surface area contributed by atoms with Gasteiger partial charge < -0.3 is 0 Å². The molecule has 0 aliphatic carbocycles. The van der Waals surface area contributed by atoms with Gasteiger partial charge in [-0.15, -0.1) is 0 Å². The van der Waals surface area contributed by atoms with Gasteiger partial charge in [-0.2, -0.15) is 0 Å². The maximum absolute atomic E-state index is 13.8. The summed E-state index contributed by atoms with van der Waals surface area (Å²) in [6.45, 7) is 0. The van der Waals surface area contributed by atoms with Crippen LogP contribution in [-0.2, 0) is 12.8 Å². The van der Waals surface area contributed by atoms with Gasteiger partial charge >= 0.3 is 0 Å². The molecule has 2 aromatic rings. The predicted octanol–water partition coefficient (Wildman–Crippen LogP) is 3.97. The van der Waals surface area contributed by atoms with Crippen LogP contribution in [0.5, 0.6) is 0 Å². The lowest BCUT2D eigenvalue weighted by Crippen LogP contribution is -2.38. The molecule has 3 N–H and O–H groups in total. The standard InChI is InChI=1S/C15H15Br2FN2/c16-12-3-1-2-10(6-12)7-14(20-19)8-11-4-5-13(17)9-15(11)18/h1-6,9,14,20H,7-8,19H2. The van der Waals surface area contributed by atoms with Gasteiger partial charge in [0.1, 0.15) is 5.82 Å². The lowest BCUT2D eigenvalue weighted by Gasteiger charge is -2.16. The molecule has 0 aliphatic heterocycles. The molecule has 2 rings (SSSR count). The number of hydrazine groups is 1. The minimum atomic E-state index is -0.214. The quantitative estimate of drug-likeness (QED) is 0.587. The third-order valence-electron chi connectivity index (χ3n) is 3.09. The number of hydrogen-bond acceptors (Lipinski definition) is 2. The highest BCUT2D eigenvalue weighted by Gasteiger charge is 2.12. The van der Waals surface area contributed by atoms with E-state index in [1.807, 2.05) is 30.3 Å². The van der Waals surface area contributed by atoms with E-state index in [0.717, 1.165) is 20.9 Å². The Kier molecular flexibility index (Phi) is 5.72. The molecule has 0 heterocycles. The molecule has 106 valence electrons. The molecule has 1 unspecified atom stereocenters. The zero-order valence-electron chi connectivity index (χ0n) is 10.7. The zero-order chi connectivity index (χ0) is 14.5. The average Bonchev–Trinajstić information content (AvgIpc) is 2.41. The van der Waals surface area contributed by atoms with Crippen LogP contribution in [0.4, 0.5) is 4.39 Å². The van der Waals surface area contributed by atoms with Crippen LogP contribution < -0.4 is 11.3 Å². The van der Waals surface area contributed by atoms with Gasteiger partial charge in [0.15, 0.2) is 0 Å². The van der Waals surface area contributed by atoms with Crippen molar-refractivity contribution in [2.45, 2.75) is 18.9 Å². The summed E-state index contributed by atoms with van der Waals surface area (Å²) in [4.78, 5) is 0. The lowest BCUT2D eigenvalue weighted by molar-refractivity contribution is 0.506. The summed E-state index contributed by atoms with van der Waals surface area (Å²) in [5.41, 5.74) is 4.58. The second-order valence-electron chi connectivity index (χ2n) is 4.64. The Hall–Kier alpha value is -0.750. The third kappa shape index (κ3) is 4.38. The predicted molar refractivity (Wildman–Crippen MR) is 86.8 cm³/mol. The normalized spacial score (nSPS) is 12.4. The summed E-state index contributed by atoms with van der Waals surface area (Å²) < 4.78 is 15.6. The second kappa shape index (κ2) is 7.31. The first-order valence-corrected chi connectivity index (χ1v) is 7.81. The van der Waals surface area contributed by atoms with Crippen molar-refractivity contribution >= 4 is 31.9 Å². The fourth-order valence-electron chi connectivity index (χ4n) is 2.09. The smallest absolute Gasteiger partial charge is 0.127 e. The van der Waals surface area contributed by atoms with Gasteiger partial charge in [-0.05, 0) is 48.2 Å². The van der Waals surface area contributed by atoms with Gasteiger partial charge in [0, 0.05) is 15.0 Å². The van der Waals surface area contributed by atoms with Gasteiger partial charge in [-0.1, -0.05) is 50.1 Å². The molecule has 1 atom stereocenters. The molecule has 0 aliphatic rings. The van der Waals surface area contributed by atoms with Crippen LogP contribution in [0.2, 0.25) is 0 Å². The molecule has 0 amide bonds. The zero-order valence-corrected chi connectivity index (χ0v) is 13.9. The van der Waals surface area contributed by atoms with Gasteiger partial charge in [-0.3, -0.25) is 11.3 Å². The lowest BCUT2D eigenvalue weighted by atomic mass is 9.99. The molecule has 0 bridgehead atoms. The first kappa shape index (κ1) is 15.6. The number of benzene rings is 2. The summed E-state index contributed by atoms with van der Waals surface area (Å²) in [6.07, 6.45) is 1.29. The Balaban J connectivity index is 2.09. The van der Waals surface area contributed by atoms with Crippen LogP contribution in [0.1, 0.15) is 11.1 Å². The van der Waals surface area contributed by atoms with E-state index in [-0.39, 0.29) is 11.9 Å². The van der Waals surface area contributed by atoms with Crippen molar-refractivity contribution in [2.75, 3.05) is 0 Å². The van der Waals surface area contributed by atoms with Crippen molar-refractivity contribution in [2.24, 2.45) is 5.84 Å². The highest BCUT2D eigenvalue weighted by Crippen LogP contribution is 2.18. The second-order valence-corrected chi connectivity index (χ2v) is 6.47. The van der Waals surface area contributed by atoms with Crippen molar-refractivity contribution in [1.29, 1.82) is 0 Å². The molecule has 0 spiro atoms. The van der Waals surface area contributed by atoms with Crippen molar-refractivity contribution in [3.63, 3.8) is 0 Å². The number of hydrogen-bond donors (Lipinski definition) is 2. The highest BCUT2D eigenvalue weighted by atomic mass is 79.9. The van der Waals surface area contributed by atoms with Crippen molar-refractivity contribution in [3.05, 3.63) is 68.4 Å². The molecule has 0 fully saturated rings. The van der Waals surface area contributed by atoms with E-state index in [9.17, 15) is 4.39 Å². The number of rotatable bonds is 5. The topological polar surface area (TPSA) is 38.0 Å². The SMILES string of the molecule is NNC(Cc1cccc(Br)c1)Cc1ccc(Br)cc1F. The number of nitrogens with one attached hydrogen (secondary N) is 1. The molecule has 0 aromatic heterocycles. The van der Waals surface area contributed by atoms with Crippen LogP contribution in [0.25, 0.3) is 0 Å². The van der Waals surface area contributed by atoms with Crippen molar-refractivity contribution in [3.8, 4) is 0 Å². The van der Waals surface area contributed by atoms with Crippen LogP contribution in [-0.4, -0.2) is 6.04 Å². The van der Waals surface area contributed by atoms with Crippen LogP contribution >= 0.6 is 31.9 Å². The highest BCUT2D eigenvalue weighted by molar-refractivity contribution is 9.10. The summed E-state index contributed by atoms with van der Waals surface area (Å²) in [5.74, 6) is 5.38. The fraction of sp³-hybridized carbons (Fsp3) is 0.200. The maximum Gasteiger partial charge on any atom is 0.127 e. The van der Waals surface area contributed by atoms with Crippen molar-refractivity contribution < 1.29 is 4.39 Å². The van der Waals surface area contributed by atoms with E-state index in [4.69, 9.17) is 5.84 Å². The summed E-state index contributed by atoms with van der Waals surface area (Å²) in [6, 6.07) is 13.1. The molecular formula is C15H15Br2FN2. The molecule has 5 heteroatoms. The maximum atomic E-state index is 13.8. The Morgan fingerprint density at radius 2 is 1.80 bits per heavy atom. The van der Waals surface area contributed by atoms with E-state index < -0.39 is 0 Å². The molecule has 0 saturated heterocycles. The van der Waals surface area contributed by atoms with E-state index in [1.165, 1.54) is 6.07 Å². The van der Waals surface area contributed by atoms with Crippen LogP contribution in [0.15, 0.2) is 51.4 Å². The van der Waals surface area contributed by atoms with E-state index >= 15 is 0 Å². The molecule has 2 aromatic carbocycles. The Bertz CT molecular complexity index is 590. The average molecular weight is 402 g/mol. The molecule has 2 nitrogen and oxygen atoms in total. The van der Waals surface area contributed by atoms with Gasteiger partial charge in [-0.25, -0.2) is 4.39 Å². The molecule has 0 saturated carbocycles. The number of halogens is 3. The molecule has 20 heavy (non-hydrogen) atoms. The van der Waals surface area contributed by atoms with Gasteiger partial charge in [0.2, 0.25) is 0 Å².